The highest BCUT2D eigenvalue weighted by atomic mass is 32.1. The van der Waals surface area contributed by atoms with Crippen LogP contribution in [0.25, 0.3) is 5.57 Å². The van der Waals surface area contributed by atoms with Crippen molar-refractivity contribution in [2.24, 2.45) is 11.8 Å². The molecule has 0 aromatic carbocycles. The van der Waals surface area contributed by atoms with Gasteiger partial charge >= 0.3 is 0 Å². The monoisotopic (exact) mass is 482 g/mol. The molecule has 3 aliphatic heterocycles. The number of aromatic nitrogens is 2. The van der Waals surface area contributed by atoms with E-state index >= 15 is 0 Å². The first-order valence-electron chi connectivity index (χ1n) is 12.2. The molecule has 4 atom stereocenters. The second kappa shape index (κ2) is 9.03. The van der Waals surface area contributed by atoms with Crippen LogP contribution in [0, 0.1) is 11.8 Å². The number of rotatable bonds is 5. The van der Waals surface area contributed by atoms with E-state index < -0.39 is 6.04 Å². The van der Waals surface area contributed by atoms with E-state index in [4.69, 9.17) is 4.74 Å². The Labute approximate surface area is 202 Å². The van der Waals surface area contributed by atoms with Crippen molar-refractivity contribution in [1.82, 2.24) is 19.4 Å². The Hall–Kier alpha value is -2.33. The van der Waals surface area contributed by atoms with Crippen LogP contribution in [0.15, 0.2) is 34.6 Å². The molecule has 2 saturated heterocycles. The number of aliphatic hydroxyl groups is 1. The molecule has 2 fully saturated rings. The summed E-state index contributed by atoms with van der Waals surface area (Å²) < 4.78 is 7.36. The summed E-state index contributed by atoms with van der Waals surface area (Å²) in [7, 11) is 0. The van der Waals surface area contributed by atoms with Gasteiger partial charge in [-0.1, -0.05) is 6.08 Å². The zero-order valence-electron chi connectivity index (χ0n) is 19.1. The van der Waals surface area contributed by atoms with Crippen molar-refractivity contribution < 1.29 is 14.6 Å². The van der Waals surface area contributed by atoms with Crippen molar-refractivity contribution in [3.05, 3.63) is 56.4 Å². The van der Waals surface area contributed by atoms with Crippen LogP contribution >= 0.6 is 11.3 Å². The molecule has 1 aliphatic carbocycles. The third-order valence-corrected chi connectivity index (χ3v) is 8.72. The van der Waals surface area contributed by atoms with Crippen LogP contribution in [-0.4, -0.2) is 69.3 Å². The van der Waals surface area contributed by atoms with E-state index in [2.05, 4.69) is 22.0 Å². The molecule has 0 spiro atoms. The molecular weight excluding hydrogens is 452 g/mol. The molecule has 5 heterocycles. The molecule has 1 N–H and O–H groups in total. The van der Waals surface area contributed by atoms with Gasteiger partial charge in [0.05, 0.1) is 31.8 Å². The van der Waals surface area contributed by atoms with Crippen molar-refractivity contribution in [3.63, 3.8) is 0 Å². The van der Waals surface area contributed by atoms with Gasteiger partial charge in [0.15, 0.2) is 0 Å². The Kier molecular flexibility index (Phi) is 5.89. The van der Waals surface area contributed by atoms with Crippen molar-refractivity contribution in [2.45, 2.75) is 44.4 Å². The Morgan fingerprint density at radius 2 is 2.12 bits per heavy atom. The van der Waals surface area contributed by atoms with E-state index in [1.807, 2.05) is 20.9 Å². The van der Waals surface area contributed by atoms with E-state index in [0.717, 1.165) is 41.1 Å². The van der Waals surface area contributed by atoms with Crippen molar-refractivity contribution in [1.29, 1.82) is 0 Å². The Balaban J connectivity index is 1.40. The fourth-order valence-corrected chi connectivity index (χ4v) is 7.01. The summed E-state index contributed by atoms with van der Waals surface area (Å²) in [5, 5.41) is 13.4. The quantitative estimate of drug-likeness (QED) is 0.701. The third-order valence-electron chi connectivity index (χ3n) is 7.95. The first-order chi connectivity index (χ1) is 16.7. The average Bonchev–Trinajstić information content (AvgIpc) is 3.65. The molecule has 0 saturated carbocycles. The molecule has 8 nitrogen and oxygen atoms in total. The lowest BCUT2D eigenvalue weighted by atomic mass is 9.88. The summed E-state index contributed by atoms with van der Waals surface area (Å²) in [5.41, 5.74) is 2.96. The Morgan fingerprint density at radius 3 is 2.82 bits per heavy atom. The van der Waals surface area contributed by atoms with E-state index in [9.17, 15) is 14.7 Å². The minimum absolute atomic E-state index is 0.000426. The standard InChI is InChI=1S/C25H30N4O4S/c30-15-19-18-13-28-20(6-5-17(24(28)31)16-3-1-2-4-16)22(18)29(14-21-26-7-12-34-21)23(19)25(32)27-8-10-33-11-9-27/h3,5-7,12,18-19,22-23,30H,1-2,4,8-11,13-15H2/t18-,19-,22+,23-/m0/s1. The molecular formula is C25H30N4O4S. The number of fused-ring (bicyclic) bond motifs is 3. The Morgan fingerprint density at radius 1 is 1.26 bits per heavy atom. The highest BCUT2D eigenvalue weighted by Gasteiger charge is 2.56. The van der Waals surface area contributed by atoms with Crippen LogP contribution < -0.4 is 5.56 Å². The summed E-state index contributed by atoms with van der Waals surface area (Å²) in [6.45, 7) is 3.20. The fraction of sp³-hybridized carbons (Fsp3) is 0.560. The normalized spacial score (nSPS) is 28.7. The molecule has 4 aliphatic rings. The fourth-order valence-electron chi connectivity index (χ4n) is 6.38. The van der Waals surface area contributed by atoms with Gasteiger partial charge in [-0.25, -0.2) is 4.98 Å². The molecule has 180 valence electrons. The van der Waals surface area contributed by atoms with Gasteiger partial charge < -0.3 is 19.3 Å². The van der Waals surface area contributed by atoms with Gasteiger partial charge in [-0.15, -0.1) is 11.3 Å². The molecule has 0 unspecified atom stereocenters. The summed E-state index contributed by atoms with van der Waals surface area (Å²) in [6.07, 6.45) is 7.04. The maximum absolute atomic E-state index is 13.8. The molecule has 34 heavy (non-hydrogen) atoms. The zero-order valence-corrected chi connectivity index (χ0v) is 20.0. The van der Waals surface area contributed by atoms with Crippen LogP contribution in [0.5, 0.6) is 0 Å². The van der Waals surface area contributed by atoms with E-state index in [1.165, 1.54) is 0 Å². The zero-order chi connectivity index (χ0) is 23.2. The van der Waals surface area contributed by atoms with Crippen LogP contribution in [0.1, 0.15) is 41.6 Å². The first kappa shape index (κ1) is 22.2. The van der Waals surface area contributed by atoms with E-state index in [1.54, 1.807) is 17.5 Å². The maximum atomic E-state index is 13.8. The van der Waals surface area contributed by atoms with Crippen LogP contribution in [0.4, 0.5) is 0 Å². The third kappa shape index (κ3) is 3.57. The lowest BCUT2D eigenvalue weighted by molar-refractivity contribution is -0.142. The smallest absolute Gasteiger partial charge is 0.258 e. The van der Waals surface area contributed by atoms with Crippen LogP contribution in [0.2, 0.25) is 0 Å². The number of allylic oxidation sites excluding steroid dienone is 2. The topological polar surface area (TPSA) is 87.9 Å². The second-order valence-electron chi connectivity index (χ2n) is 9.65. The number of carbonyl (C=O) groups excluding carboxylic acids is 1. The lowest BCUT2D eigenvalue weighted by Gasteiger charge is -2.35. The van der Waals surface area contributed by atoms with Gasteiger partial charge in [0.1, 0.15) is 5.01 Å². The molecule has 1 amide bonds. The molecule has 0 bridgehead atoms. The predicted octanol–water partition coefficient (Wildman–Crippen LogP) is 1.89. The van der Waals surface area contributed by atoms with Crippen molar-refractivity contribution in [3.8, 4) is 0 Å². The van der Waals surface area contributed by atoms with Gasteiger partial charge in [-0.3, -0.25) is 14.5 Å². The summed E-state index contributed by atoms with van der Waals surface area (Å²) >= 11 is 1.57. The molecule has 2 aromatic rings. The van der Waals surface area contributed by atoms with Gasteiger partial charge in [0.25, 0.3) is 5.56 Å². The molecule has 2 aromatic heterocycles. The minimum atomic E-state index is -0.442. The number of carbonyl (C=O) groups is 1. The number of ether oxygens (including phenoxy) is 1. The van der Waals surface area contributed by atoms with Gasteiger partial charge in [0, 0.05) is 60.9 Å². The number of thiazole rings is 1. The largest absolute Gasteiger partial charge is 0.396 e. The van der Waals surface area contributed by atoms with Crippen LogP contribution in [-0.2, 0) is 22.6 Å². The minimum Gasteiger partial charge on any atom is -0.396 e. The van der Waals surface area contributed by atoms with Crippen molar-refractivity contribution in [2.75, 3.05) is 32.9 Å². The van der Waals surface area contributed by atoms with Crippen LogP contribution in [0.3, 0.4) is 0 Å². The Bertz CT molecular complexity index is 1150. The SMILES string of the molecule is O=C([C@@H]1[C@@H](CO)[C@@H]2Cn3c(ccc(C4=CCCC4)c3=O)[C@@H]2N1Cc1nccs1)N1CCOCC1. The number of hydrogen-bond donors (Lipinski definition) is 1. The number of pyridine rings is 1. The molecule has 9 heteroatoms. The molecule has 6 rings (SSSR count). The van der Waals surface area contributed by atoms with Gasteiger partial charge in [-0.2, -0.15) is 0 Å². The summed E-state index contributed by atoms with van der Waals surface area (Å²) in [6, 6.07) is 3.50. The number of nitrogens with zero attached hydrogens (tertiary/aromatic N) is 4. The first-order valence-corrected chi connectivity index (χ1v) is 13.1. The summed E-state index contributed by atoms with van der Waals surface area (Å²) in [4.78, 5) is 35.8. The molecule has 0 radical (unpaired) electrons. The summed E-state index contributed by atoms with van der Waals surface area (Å²) in [5.74, 6) is -0.191. The van der Waals surface area contributed by atoms with E-state index in [0.29, 0.717) is 39.4 Å². The highest BCUT2D eigenvalue weighted by molar-refractivity contribution is 7.09. The maximum Gasteiger partial charge on any atom is 0.258 e. The van der Waals surface area contributed by atoms with Gasteiger partial charge in [-0.05, 0) is 37.0 Å². The number of aliphatic hydroxyl groups excluding tert-OH is 1. The highest BCUT2D eigenvalue weighted by Crippen LogP contribution is 2.50. The number of amides is 1. The number of likely N-dealkylation sites (tertiary alicyclic amines) is 1. The van der Waals surface area contributed by atoms with Gasteiger partial charge in [0.2, 0.25) is 5.91 Å². The lowest BCUT2D eigenvalue weighted by Crippen LogP contribution is -2.52. The second-order valence-corrected chi connectivity index (χ2v) is 10.6. The van der Waals surface area contributed by atoms with E-state index in [-0.39, 0.29) is 36.0 Å². The van der Waals surface area contributed by atoms with Crippen molar-refractivity contribution >= 4 is 22.8 Å². The average molecular weight is 483 g/mol. The number of morpholine rings is 1. The number of hydrogen-bond acceptors (Lipinski definition) is 7. The predicted molar refractivity (Wildman–Crippen MR) is 128 cm³/mol.